The molecule has 0 radical (unpaired) electrons. The molecule has 0 atom stereocenters. The van der Waals surface area contributed by atoms with Gasteiger partial charge in [0.2, 0.25) is 5.91 Å². The van der Waals surface area contributed by atoms with Crippen molar-refractivity contribution < 1.29 is 14.3 Å². The summed E-state index contributed by atoms with van der Waals surface area (Å²) in [7, 11) is 3.54. The van der Waals surface area contributed by atoms with E-state index in [0.717, 1.165) is 57.8 Å². The number of likely N-dealkylation sites (tertiary alicyclic amines) is 1. The van der Waals surface area contributed by atoms with E-state index >= 15 is 0 Å². The van der Waals surface area contributed by atoms with Gasteiger partial charge in [-0.15, -0.1) is 10.2 Å². The zero-order chi connectivity index (χ0) is 18.4. The highest BCUT2D eigenvalue weighted by Gasteiger charge is 2.31. The van der Waals surface area contributed by atoms with Crippen LogP contribution in [0.25, 0.3) is 0 Å². The Morgan fingerprint density at radius 2 is 2.04 bits per heavy atom. The van der Waals surface area contributed by atoms with Crippen LogP contribution in [-0.2, 0) is 27.4 Å². The SMILES string of the molecule is COCCn1cnnc1CN(C)C(=O)C1CCN(C2CCOCC2)CC1. The fraction of sp³-hybridized carbons (Fsp3) is 0.833. The number of ether oxygens (including phenoxy) is 2. The molecule has 1 amide bonds. The van der Waals surface area contributed by atoms with Crippen molar-refractivity contribution in [2.24, 2.45) is 5.92 Å². The number of hydrogen-bond donors (Lipinski definition) is 0. The largest absolute Gasteiger partial charge is 0.383 e. The van der Waals surface area contributed by atoms with E-state index in [2.05, 4.69) is 15.1 Å². The summed E-state index contributed by atoms with van der Waals surface area (Å²) in [5.41, 5.74) is 0. The molecular formula is C18H31N5O3. The summed E-state index contributed by atoms with van der Waals surface area (Å²) in [5, 5.41) is 8.12. The van der Waals surface area contributed by atoms with E-state index in [1.165, 1.54) is 0 Å². The Bertz CT molecular complexity index is 565. The van der Waals surface area contributed by atoms with Gasteiger partial charge in [0.1, 0.15) is 6.33 Å². The van der Waals surface area contributed by atoms with Gasteiger partial charge in [0.25, 0.3) is 0 Å². The van der Waals surface area contributed by atoms with Gasteiger partial charge in [-0.3, -0.25) is 4.79 Å². The third-order valence-electron chi connectivity index (χ3n) is 5.57. The van der Waals surface area contributed by atoms with Crippen LogP contribution in [-0.4, -0.2) is 83.6 Å². The summed E-state index contributed by atoms with van der Waals surface area (Å²) in [4.78, 5) is 17.2. The number of aromatic nitrogens is 3. The van der Waals surface area contributed by atoms with Crippen molar-refractivity contribution in [3.8, 4) is 0 Å². The molecule has 2 aliphatic rings. The first-order valence-corrected chi connectivity index (χ1v) is 9.61. The maximum Gasteiger partial charge on any atom is 0.225 e. The Kier molecular flexibility index (Phi) is 6.99. The second kappa shape index (κ2) is 9.43. The van der Waals surface area contributed by atoms with Crippen molar-refractivity contribution in [1.29, 1.82) is 0 Å². The maximum absolute atomic E-state index is 12.8. The predicted molar refractivity (Wildman–Crippen MR) is 96.5 cm³/mol. The molecule has 2 saturated heterocycles. The van der Waals surface area contributed by atoms with Crippen LogP contribution in [0.4, 0.5) is 0 Å². The maximum atomic E-state index is 12.8. The van der Waals surface area contributed by atoms with Crippen LogP contribution >= 0.6 is 0 Å². The molecule has 0 bridgehead atoms. The van der Waals surface area contributed by atoms with Crippen molar-refractivity contribution in [2.45, 2.75) is 44.8 Å². The molecule has 1 aromatic heterocycles. The average molecular weight is 365 g/mol. The first kappa shape index (κ1) is 19.3. The number of methoxy groups -OCH3 is 1. The molecule has 3 heterocycles. The molecule has 1 aromatic rings. The lowest BCUT2D eigenvalue weighted by molar-refractivity contribution is -0.136. The third-order valence-corrected chi connectivity index (χ3v) is 5.57. The second-order valence-corrected chi connectivity index (χ2v) is 7.28. The molecule has 0 N–H and O–H groups in total. The van der Waals surface area contributed by atoms with Crippen LogP contribution in [0.5, 0.6) is 0 Å². The van der Waals surface area contributed by atoms with E-state index in [9.17, 15) is 4.79 Å². The number of carbonyl (C=O) groups is 1. The zero-order valence-corrected chi connectivity index (χ0v) is 16.0. The van der Waals surface area contributed by atoms with Crippen molar-refractivity contribution in [3.63, 3.8) is 0 Å². The molecule has 0 saturated carbocycles. The van der Waals surface area contributed by atoms with Gasteiger partial charge in [-0.25, -0.2) is 0 Å². The summed E-state index contributed by atoms with van der Waals surface area (Å²) in [5.74, 6) is 1.14. The monoisotopic (exact) mass is 365 g/mol. The first-order chi connectivity index (χ1) is 12.7. The molecule has 146 valence electrons. The van der Waals surface area contributed by atoms with Gasteiger partial charge in [-0.05, 0) is 38.8 Å². The molecule has 0 aromatic carbocycles. The number of piperidine rings is 1. The third kappa shape index (κ3) is 4.81. The van der Waals surface area contributed by atoms with Gasteiger partial charge in [-0.2, -0.15) is 0 Å². The number of amides is 1. The molecule has 0 unspecified atom stereocenters. The minimum Gasteiger partial charge on any atom is -0.383 e. The van der Waals surface area contributed by atoms with Crippen molar-refractivity contribution in [1.82, 2.24) is 24.6 Å². The molecule has 8 heteroatoms. The summed E-state index contributed by atoms with van der Waals surface area (Å²) < 4.78 is 12.5. The lowest BCUT2D eigenvalue weighted by Crippen LogP contribution is -2.46. The summed E-state index contributed by atoms with van der Waals surface area (Å²) in [6.07, 6.45) is 5.82. The first-order valence-electron chi connectivity index (χ1n) is 9.61. The number of nitrogens with zero attached hydrogens (tertiary/aromatic N) is 5. The summed E-state index contributed by atoms with van der Waals surface area (Å²) in [6, 6.07) is 0.636. The summed E-state index contributed by atoms with van der Waals surface area (Å²) in [6.45, 7) is 5.56. The number of rotatable bonds is 7. The van der Waals surface area contributed by atoms with Crippen molar-refractivity contribution >= 4 is 5.91 Å². The van der Waals surface area contributed by atoms with Crippen LogP contribution in [0.1, 0.15) is 31.5 Å². The minimum absolute atomic E-state index is 0.117. The molecule has 2 fully saturated rings. The Hall–Kier alpha value is -1.51. The number of carbonyl (C=O) groups excluding carboxylic acids is 1. The van der Waals surface area contributed by atoms with Gasteiger partial charge in [0, 0.05) is 45.9 Å². The molecule has 26 heavy (non-hydrogen) atoms. The predicted octanol–water partition coefficient (Wildman–Crippen LogP) is 0.774. The van der Waals surface area contributed by atoms with E-state index in [-0.39, 0.29) is 11.8 Å². The lowest BCUT2D eigenvalue weighted by atomic mass is 9.93. The Labute approximate surface area is 155 Å². The molecule has 0 aliphatic carbocycles. The van der Waals surface area contributed by atoms with E-state index in [1.54, 1.807) is 18.3 Å². The molecule has 8 nitrogen and oxygen atoms in total. The van der Waals surface area contributed by atoms with Crippen LogP contribution in [0, 0.1) is 5.92 Å². The highest BCUT2D eigenvalue weighted by atomic mass is 16.5. The van der Waals surface area contributed by atoms with Crippen LogP contribution in [0.2, 0.25) is 0 Å². The topological polar surface area (TPSA) is 72.7 Å². The van der Waals surface area contributed by atoms with E-state index in [4.69, 9.17) is 9.47 Å². The smallest absolute Gasteiger partial charge is 0.225 e. The molecule has 3 rings (SSSR count). The zero-order valence-electron chi connectivity index (χ0n) is 16.0. The van der Waals surface area contributed by atoms with E-state index in [1.807, 2.05) is 11.6 Å². The summed E-state index contributed by atoms with van der Waals surface area (Å²) >= 11 is 0. The lowest BCUT2D eigenvalue weighted by Gasteiger charge is -2.39. The second-order valence-electron chi connectivity index (χ2n) is 7.28. The molecule has 2 aliphatic heterocycles. The van der Waals surface area contributed by atoms with E-state index in [0.29, 0.717) is 25.7 Å². The Morgan fingerprint density at radius 3 is 2.73 bits per heavy atom. The highest BCUT2D eigenvalue weighted by Crippen LogP contribution is 2.24. The van der Waals surface area contributed by atoms with Gasteiger partial charge < -0.3 is 23.8 Å². The minimum atomic E-state index is 0.117. The fourth-order valence-electron chi connectivity index (χ4n) is 3.94. The average Bonchev–Trinajstić information content (AvgIpc) is 3.13. The van der Waals surface area contributed by atoms with Gasteiger partial charge >= 0.3 is 0 Å². The van der Waals surface area contributed by atoms with Gasteiger partial charge in [0.05, 0.1) is 13.2 Å². The van der Waals surface area contributed by atoms with E-state index < -0.39 is 0 Å². The Balaban J connectivity index is 1.48. The van der Waals surface area contributed by atoms with Crippen molar-refractivity contribution in [2.75, 3.05) is 47.1 Å². The van der Waals surface area contributed by atoms with Gasteiger partial charge in [0.15, 0.2) is 5.82 Å². The van der Waals surface area contributed by atoms with Crippen LogP contribution in [0.3, 0.4) is 0 Å². The number of hydrogen-bond acceptors (Lipinski definition) is 6. The normalized spacial score (nSPS) is 20.4. The van der Waals surface area contributed by atoms with Crippen LogP contribution < -0.4 is 0 Å². The van der Waals surface area contributed by atoms with Gasteiger partial charge in [-0.1, -0.05) is 0 Å². The molecule has 0 spiro atoms. The molecular weight excluding hydrogens is 334 g/mol. The van der Waals surface area contributed by atoms with Crippen LogP contribution in [0.15, 0.2) is 6.33 Å². The highest BCUT2D eigenvalue weighted by molar-refractivity contribution is 5.78. The quantitative estimate of drug-likeness (QED) is 0.711. The standard InChI is InChI=1S/C18H31N5O3/c1-21(13-17-20-19-14-23(17)9-12-25-2)18(24)15-3-7-22(8-4-15)16-5-10-26-11-6-16/h14-16H,3-13H2,1-2H3. The Morgan fingerprint density at radius 1 is 1.31 bits per heavy atom. The van der Waals surface area contributed by atoms with Crippen molar-refractivity contribution in [3.05, 3.63) is 12.2 Å². The fourth-order valence-corrected chi connectivity index (χ4v) is 3.94.